The van der Waals surface area contributed by atoms with Crippen LogP contribution in [0.3, 0.4) is 0 Å². The fourth-order valence-electron chi connectivity index (χ4n) is 2.67. The zero-order valence-corrected chi connectivity index (χ0v) is 13.6. The Kier molecular flexibility index (Phi) is 4.30. The molecule has 1 aliphatic heterocycles. The normalized spacial score (nSPS) is 16.6. The van der Waals surface area contributed by atoms with Gasteiger partial charge in [0.15, 0.2) is 17.3 Å². The largest absolute Gasteiger partial charge is 0.493 e. The van der Waals surface area contributed by atoms with E-state index in [4.69, 9.17) is 14.2 Å². The third-order valence-corrected chi connectivity index (χ3v) is 4.08. The fourth-order valence-corrected chi connectivity index (χ4v) is 2.67. The number of hydrogen-bond donors (Lipinski definition) is 0. The number of hydrogen-bond acceptors (Lipinski definition) is 5. The Morgan fingerprint density at radius 3 is 2.00 bits per heavy atom. The summed E-state index contributed by atoms with van der Waals surface area (Å²) in [6, 6.07) is 3.20. The fraction of sp³-hybridized carbons (Fsp3) is 0.500. The molecule has 0 spiro atoms. The van der Waals surface area contributed by atoms with E-state index < -0.39 is 5.54 Å². The Balaban J connectivity index is 2.45. The van der Waals surface area contributed by atoms with Crippen LogP contribution in [0.1, 0.15) is 30.6 Å². The zero-order chi connectivity index (χ0) is 16.5. The molecule has 1 aliphatic rings. The van der Waals surface area contributed by atoms with E-state index >= 15 is 0 Å². The van der Waals surface area contributed by atoms with Gasteiger partial charge in [-0.1, -0.05) is 0 Å². The molecule has 6 heteroatoms. The highest BCUT2D eigenvalue weighted by molar-refractivity contribution is 6.02. The average molecular weight is 307 g/mol. The summed E-state index contributed by atoms with van der Waals surface area (Å²) in [5, 5.41) is 0. The second kappa shape index (κ2) is 5.87. The van der Waals surface area contributed by atoms with Crippen LogP contribution in [-0.2, 0) is 4.79 Å². The maximum absolute atomic E-state index is 12.8. The highest BCUT2D eigenvalue weighted by Gasteiger charge is 2.43. The molecule has 2 rings (SSSR count). The van der Waals surface area contributed by atoms with Gasteiger partial charge in [-0.2, -0.15) is 0 Å². The van der Waals surface area contributed by atoms with Crippen molar-refractivity contribution >= 4 is 11.7 Å². The predicted molar refractivity (Wildman–Crippen MR) is 80.8 cm³/mol. The van der Waals surface area contributed by atoms with Crippen molar-refractivity contribution < 1.29 is 23.8 Å². The minimum atomic E-state index is -0.794. The van der Waals surface area contributed by atoms with E-state index in [1.54, 1.807) is 30.9 Å². The first-order chi connectivity index (χ1) is 10.4. The lowest BCUT2D eigenvalue weighted by molar-refractivity contribution is -0.123. The van der Waals surface area contributed by atoms with Gasteiger partial charge in [-0.15, -0.1) is 0 Å². The molecule has 0 atom stereocenters. The van der Waals surface area contributed by atoms with Crippen LogP contribution < -0.4 is 14.2 Å². The topological polar surface area (TPSA) is 65.1 Å². The molecule has 120 valence electrons. The molecular weight excluding hydrogens is 286 g/mol. The van der Waals surface area contributed by atoms with E-state index in [0.29, 0.717) is 35.8 Å². The van der Waals surface area contributed by atoms with E-state index in [1.165, 1.54) is 21.3 Å². The summed E-state index contributed by atoms with van der Waals surface area (Å²) in [5.74, 6) is 1.09. The summed E-state index contributed by atoms with van der Waals surface area (Å²) in [4.78, 5) is 26.3. The van der Waals surface area contributed by atoms with Gasteiger partial charge in [-0.3, -0.25) is 9.59 Å². The zero-order valence-electron chi connectivity index (χ0n) is 13.6. The minimum Gasteiger partial charge on any atom is -0.493 e. The highest BCUT2D eigenvalue weighted by atomic mass is 16.5. The van der Waals surface area contributed by atoms with Crippen molar-refractivity contribution in [2.24, 2.45) is 0 Å². The summed E-state index contributed by atoms with van der Waals surface area (Å²) in [6.45, 7) is 3.94. The predicted octanol–water partition coefficient (Wildman–Crippen LogP) is 1.91. The van der Waals surface area contributed by atoms with Crippen molar-refractivity contribution in [2.75, 3.05) is 27.9 Å². The Morgan fingerprint density at radius 1 is 1.09 bits per heavy atom. The molecule has 1 saturated heterocycles. The SMILES string of the molecule is COc1cc(C(=O)N2CCC(=O)C2(C)C)cc(OC)c1OC. The van der Waals surface area contributed by atoms with E-state index in [1.807, 2.05) is 0 Å². The molecule has 0 aromatic heterocycles. The first-order valence-electron chi connectivity index (χ1n) is 7.02. The van der Waals surface area contributed by atoms with Gasteiger partial charge >= 0.3 is 0 Å². The molecule has 22 heavy (non-hydrogen) atoms. The average Bonchev–Trinajstić information content (AvgIpc) is 2.78. The van der Waals surface area contributed by atoms with Gasteiger partial charge in [-0.05, 0) is 26.0 Å². The van der Waals surface area contributed by atoms with Gasteiger partial charge in [-0.25, -0.2) is 0 Å². The smallest absolute Gasteiger partial charge is 0.254 e. The van der Waals surface area contributed by atoms with Crippen molar-refractivity contribution in [2.45, 2.75) is 25.8 Å². The number of carbonyl (C=O) groups excluding carboxylic acids is 2. The van der Waals surface area contributed by atoms with Gasteiger partial charge in [0.1, 0.15) is 0 Å². The molecule has 0 saturated carbocycles. The number of likely N-dealkylation sites (tertiary alicyclic amines) is 1. The first kappa shape index (κ1) is 16.1. The second-order valence-corrected chi connectivity index (χ2v) is 5.60. The molecule has 0 unspecified atom stereocenters. The highest BCUT2D eigenvalue weighted by Crippen LogP contribution is 2.39. The maximum atomic E-state index is 12.8. The number of ketones is 1. The van der Waals surface area contributed by atoms with Crippen LogP contribution in [0.5, 0.6) is 17.2 Å². The summed E-state index contributed by atoms with van der Waals surface area (Å²) < 4.78 is 15.8. The maximum Gasteiger partial charge on any atom is 0.254 e. The molecule has 6 nitrogen and oxygen atoms in total. The van der Waals surface area contributed by atoms with Crippen molar-refractivity contribution in [3.05, 3.63) is 17.7 Å². The number of methoxy groups -OCH3 is 3. The lowest BCUT2D eigenvalue weighted by Crippen LogP contribution is -2.46. The summed E-state index contributed by atoms with van der Waals surface area (Å²) in [7, 11) is 4.49. The van der Waals surface area contributed by atoms with Crippen LogP contribution in [0.2, 0.25) is 0 Å². The second-order valence-electron chi connectivity index (χ2n) is 5.60. The van der Waals surface area contributed by atoms with Crippen molar-refractivity contribution in [1.82, 2.24) is 4.90 Å². The Bertz CT molecular complexity index is 584. The van der Waals surface area contributed by atoms with E-state index in [2.05, 4.69) is 0 Å². The molecule has 1 heterocycles. The van der Waals surface area contributed by atoms with Crippen LogP contribution in [0.15, 0.2) is 12.1 Å². The number of ether oxygens (including phenoxy) is 3. The lowest BCUT2D eigenvalue weighted by atomic mass is 9.99. The number of rotatable bonds is 4. The van der Waals surface area contributed by atoms with Crippen LogP contribution in [0.4, 0.5) is 0 Å². The number of Topliss-reactive ketones (excluding diaryl/α,β-unsaturated/α-hetero) is 1. The summed E-state index contributed by atoms with van der Waals surface area (Å²) in [6.07, 6.45) is 0.378. The number of carbonyl (C=O) groups is 2. The molecule has 1 fully saturated rings. The van der Waals surface area contributed by atoms with E-state index in [-0.39, 0.29) is 11.7 Å². The third kappa shape index (κ3) is 2.49. The van der Waals surface area contributed by atoms with Gasteiger partial charge < -0.3 is 19.1 Å². The third-order valence-electron chi connectivity index (χ3n) is 4.08. The Labute approximate surface area is 129 Å². The van der Waals surface area contributed by atoms with Gasteiger partial charge in [0, 0.05) is 18.5 Å². The van der Waals surface area contributed by atoms with Crippen molar-refractivity contribution in [3.8, 4) is 17.2 Å². The van der Waals surface area contributed by atoms with Crippen LogP contribution in [0, 0.1) is 0 Å². The Hall–Kier alpha value is -2.24. The number of nitrogens with zero attached hydrogens (tertiary/aromatic N) is 1. The molecular formula is C16H21NO5. The van der Waals surface area contributed by atoms with E-state index in [9.17, 15) is 9.59 Å². The quantitative estimate of drug-likeness (QED) is 0.850. The first-order valence-corrected chi connectivity index (χ1v) is 7.02. The van der Waals surface area contributed by atoms with Gasteiger partial charge in [0.25, 0.3) is 5.91 Å². The summed E-state index contributed by atoms with van der Waals surface area (Å²) >= 11 is 0. The standard InChI is InChI=1S/C16H21NO5/c1-16(2)13(18)6-7-17(16)15(19)10-8-11(20-3)14(22-5)12(9-10)21-4/h8-9H,6-7H2,1-5H3. The summed E-state index contributed by atoms with van der Waals surface area (Å²) in [5.41, 5.74) is -0.394. The molecule has 0 radical (unpaired) electrons. The van der Waals surface area contributed by atoms with Crippen LogP contribution in [-0.4, -0.2) is 50.0 Å². The van der Waals surface area contributed by atoms with Gasteiger partial charge in [0.05, 0.1) is 26.9 Å². The van der Waals surface area contributed by atoms with Crippen LogP contribution >= 0.6 is 0 Å². The molecule has 0 bridgehead atoms. The molecule has 1 amide bonds. The number of benzene rings is 1. The molecule has 1 aromatic rings. The monoisotopic (exact) mass is 307 g/mol. The molecule has 0 aliphatic carbocycles. The number of amides is 1. The molecule has 1 aromatic carbocycles. The van der Waals surface area contributed by atoms with Crippen LogP contribution in [0.25, 0.3) is 0 Å². The van der Waals surface area contributed by atoms with Gasteiger partial charge in [0.2, 0.25) is 5.75 Å². The van der Waals surface area contributed by atoms with E-state index in [0.717, 1.165) is 0 Å². The van der Waals surface area contributed by atoms with Crippen molar-refractivity contribution in [3.63, 3.8) is 0 Å². The lowest BCUT2D eigenvalue weighted by Gasteiger charge is -2.30. The molecule has 0 N–H and O–H groups in total. The minimum absolute atomic E-state index is 0.0632. The van der Waals surface area contributed by atoms with Crippen molar-refractivity contribution in [1.29, 1.82) is 0 Å². The Morgan fingerprint density at radius 2 is 1.64 bits per heavy atom.